The van der Waals surface area contributed by atoms with Gasteiger partial charge in [0.1, 0.15) is 5.75 Å². The van der Waals surface area contributed by atoms with Crippen LogP contribution < -0.4 is 15.1 Å². The number of hydrogen-bond donors (Lipinski definition) is 2. The SMILES string of the molecule is CCOC(=O)C1CCC(c2ccc(-c3cnc(N4CCN5c6cc(-c7ccccc7O)nnc6NC[C@H]5C4)nc3)cc2)CC1. The first-order valence-electron chi connectivity index (χ1n) is 15.6. The molecule has 0 bridgehead atoms. The van der Waals surface area contributed by atoms with Crippen molar-refractivity contribution in [3.05, 3.63) is 72.6 Å². The number of phenols is 1. The lowest BCUT2D eigenvalue weighted by atomic mass is 9.78. The van der Waals surface area contributed by atoms with Gasteiger partial charge in [0.15, 0.2) is 5.82 Å². The molecule has 10 nitrogen and oxygen atoms in total. The first kappa shape index (κ1) is 28.1. The van der Waals surface area contributed by atoms with Gasteiger partial charge in [-0.3, -0.25) is 4.79 Å². The summed E-state index contributed by atoms with van der Waals surface area (Å²) in [5, 5.41) is 22.5. The predicted molar refractivity (Wildman–Crippen MR) is 170 cm³/mol. The molecule has 10 heteroatoms. The minimum atomic E-state index is -0.0402. The highest BCUT2D eigenvalue weighted by Crippen LogP contribution is 2.38. The molecule has 0 radical (unpaired) electrons. The fourth-order valence-electron chi connectivity index (χ4n) is 6.80. The van der Waals surface area contributed by atoms with Gasteiger partial charge < -0.3 is 25.0 Å². The first-order chi connectivity index (χ1) is 21.6. The van der Waals surface area contributed by atoms with Gasteiger partial charge in [0.05, 0.1) is 29.9 Å². The van der Waals surface area contributed by atoms with Crippen LogP contribution in [-0.4, -0.2) is 70.1 Å². The first-order valence-corrected chi connectivity index (χ1v) is 15.6. The summed E-state index contributed by atoms with van der Waals surface area (Å²) in [7, 11) is 0. The average molecular weight is 592 g/mol. The maximum absolute atomic E-state index is 12.1. The van der Waals surface area contributed by atoms with E-state index in [0.29, 0.717) is 23.8 Å². The van der Waals surface area contributed by atoms with Gasteiger partial charge in [-0.2, -0.15) is 0 Å². The van der Waals surface area contributed by atoms with Crippen molar-refractivity contribution in [1.82, 2.24) is 20.2 Å². The van der Waals surface area contributed by atoms with Crippen LogP contribution in [0, 0.1) is 5.92 Å². The molecule has 2 N–H and O–H groups in total. The van der Waals surface area contributed by atoms with E-state index in [1.165, 1.54) is 5.56 Å². The third-order valence-corrected chi connectivity index (χ3v) is 9.23. The molecule has 2 aromatic heterocycles. The number of fused-ring (bicyclic) bond motifs is 3. The number of carbonyl (C=O) groups excluding carboxylic acids is 1. The van der Waals surface area contributed by atoms with Crippen LogP contribution in [0.15, 0.2) is 67.0 Å². The highest BCUT2D eigenvalue weighted by Gasteiger charge is 2.34. The van der Waals surface area contributed by atoms with Crippen molar-refractivity contribution in [3.63, 3.8) is 0 Å². The number of esters is 1. The van der Waals surface area contributed by atoms with Crippen molar-refractivity contribution in [3.8, 4) is 28.1 Å². The van der Waals surface area contributed by atoms with Crippen molar-refractivity contribution in [1.29, 1.82) is 0 Å². The number of phenolic OH excluding ortho intramolecular Hbond substituents is 1. The van der Waals surface area contributed by atoms with Gasteiger partial charge in [0, 0.05) is 49.7 Å². The van der Waals surface area contributed by atoms with E-state index >= 15 is 0 Å². The Hall–Kier alpha value is -4.73. The van der Waals surface area contributed by atoms with E-state index < -0.39 is 0 Å². The Kier molecular flexibility index (Phi) is 7.72. The standard InChI is InChI=1S/C34H37N7O3/c1-2-44-33(43)25-13-11-23(12-14-25)22-7-9-24(10-8-22)26-18-36-34(37-19-26)40-15-16-41-27(21-40)20-35-32-30(41)17-29(38-39-32)28-5-3-4-6-31(28)42/h3-10,17-19,23,25,27,42H,2,11-16,20-21H2,1H3,(H,35,39)/t23?,25?,27-/m0/s1. The maximum Gasteiger partial charge on any atom is 0.308 e. The van der Waals surface area contributed by atoms with Gasteiger partial charge in [-0.25, -0.2) is 9.97 Å². The van der Waals surface area contributed by atoms with Crippen molar-refractivity contribution in [2.75, 3.05) is 47.9 Å². The minimum Gasteiger partial charge on any atom is -0.507 e. The Morgan fingerprint density at radius 1 is 0.977 bits per heavy atom. The van der Waals surface area contributed by atoms with Gasteiger partial charge >= 0.3 is 5.97 Å². The Morgan fingerprint density at radius 3 is 2.50 bits per heavy atom. The van der Waals surface area contributed by atoms with Crippen LogP contribution in [0.2, 0.25) is 0 Å². The summed E-state index contributed by atoms with van der Waals surface area (Å²) in [4.78, 5) is 26.2. The topological polar surface area (TPSA) is 117 Å². The van der Waals surface area contributed by atoms with E-state index in [1.807, 2.05) is 37.5 Å². The molecule has 4 aromatic rings. The summed E-state index contributed by atoms with van der Waals surface area (Å²) in [6.07, 6.45) is 7.65. The molecular formula is C34H37N7O3. The van der Waals surface area contributed by atoms with E-state index in [-0.39, 0.29) is 23.7 Å². The number of anilines is 3. The van der Waals surface area contributed by atoms with Crippen molar-refractivity contribution in [2.45, 2.75) is 44.6 Å². The molecule has 2 aliphatic heterocycles. The van der Waals surface area contributed by atoms with Crippen LogP contribution in [0.4, 0.5) is 17.5 Å². The van der Waals surface area contributed by atoms with Crippen LogP contribution in [0.1, 0.15) is 44.1 Å². The fraction of sp³-hybridized carbons (Fsp3) is 0.382. The summed E-state index contributed by atoms with van der Waals surface area (Å²) < 4.78 is 5.22. The Labute approximate surface area is 257 Å². The lowest BCUT2D eigenvalue weighted by Gasteiger charge is -2.45. The molecule has 7 rings (SSSR count). The second-order valence-corrected chi connectivity index (χ2v) is 11.8. The molecule has 3 aliphatic rings. The number of ether oxygens (including phenoxy) is 1. The van der Waals surface area contributed by atoms with Gasteiger partial charge in [-0.05, 0) is 67.9 Å². The summed E-state index contributed by atoms with van der Waals surface area (Å²) in [6, 6.07) is 18.2. The zero-order valence-electron chi connectivity index (χ0n) is 24.9. The van der Waals surface area contributed by atoms with Crippen LogP contribution >= 0.6 is 0 Å². The second kappa shape index (κ2) is 12.1. The number of para-hydroxylation sites is 1. The van der Waals surface area contributed by atoms with Crippen LogP contribution in [0.25, 0.3) is 22.4 Å². The summed E-state index contributed by atoms with van der Waals surface area (Å²) >= 11 is 0. The Bertz CT molecular complexity index is 1620. The Balaban J connectivity index is 0.988. The molecule has 1 saturated heterocycles. The second-order valence-electron chi connectivity index (χ2n) is 11.8. The van der Waals surface area contributed by atoms with E-state index in [2.05, 4.69) is 49.6 Å². The molecule has 4 heterocycles. The minimum absolute atomic E-state index is 0.0402. The molecule has 226 valence electrons. The molecule has 0 spiro atoms. The monoisotopic (exact) mass is 591 g/mol. The fourth-order valence-corrected chi connectivity index (χ4v) is 6.80. The zero-order chi connectivity index (χ0) is 30.0. The van der Waals surface area contributed by atoms with E-state index in [4.69, 9.17) is 14.7 Å². The number of benzene rings is 2. The molecule has 2 fully saturated rings. The number of piperazine rings is 1. The quantitative estimate of drug-likeness (QED) is 0.288. The Morgan fingerprint density at radius 2 is 1.75 bits per heavy atom. The third kappa shape index (κ3) is 5.52. The van der Waals surface area contributed by atoms with E-state index in [9.17, 15) is 9.90 Å². The molecule has 0 amide bonds. The summed E-state index contributed by atoms with van der Waals surface area (Å²) in [5.74, 6) is 2.19. The van der Waals surface area contributed by atoms with Gasteiger partial charge in [-0.15, -0.1) is 10.2 Å². The van der Waals surface area contributed by atoms with Gasteiger partial charge in [0.25, 0.3) is 0 Å². The summed E-state index contributed by atoms with van der Waals surface area (Å²) in [6.45, 7) is 5.45. The van der Waals surface area contributed by atoms with Crippen molar-refractivity contribution < 1.29 is 14.6 Å². The largest absolute Gasteiger partial charge is 0.507 e. The number of nitrogens with zero attached hydrogens (tertiary/aromatic N) is 6. The predicted octanol–water partition coefficient (Wildman–Crippen LogP) is 5.26. The number of carbonyl (C=O) groups is 1. The molecular weight excluding hydrogens is 554 g/mol. The number of aromatic nitrogens is 4. The smallest absolute Gasteiger partial charge is 0.308 e. The number of nitrogens with one attached hydrogen (secondary N) is 1. The summed E-state index contributed by atoms with van der Waals surface area (Å²) in [5.41, 5.74) is 5.74. The molecule has 44 heavy (non-hydrogen) atoms. The zero-order valence-corrected chi connectivity index (χ0v) is 24.9. The highest BCUT2D eigenvalue weighted by molar-refractivity contribution is 5.77. The van der Waals surface area contributed by atoms with Crippen LogP contribution in [-0.2, 0) is 9.53 Å². The highest BCUT2D eigenvalue weighted by atomic mass is 16.5. The van der Waals surface area contributed by atoms with Gasteiger partial charge in [-0.1, -0.05) is 36.4 Å². The van der Waals surface area contributed by atoms with Crippen molar-refractivity contribution in [2.24, 2.45) is 5.92 Å². The molecule has 2 aromatic carbocycles. The van der Waals surface area contributed by atoms with Crippen molar-refractivity contribution >= 4 is 23.4 Å². The van der Waals surface area contributed by atoms with Crippen LogP contribution in [0.3, 0.4) is 0 Å². The maximum atomic E-state index is 12.1. The van der Waals surface area contributed by atoms with Crippen LogP contribution in [0.5, 0.6) is 5.75 Å². The third-order valence-electron chi connectivity index (χ3n) is 9.23. The lowest BCUT2D eigenvalue weighted by molar-refractivity contribution is -0.149. The normalized spacial score (nSPS) is 21.2. The number of hydrogen-bond acceptors (Lipinski definition) is 10. The lowest BCUT2D eigenvalue weighted by Crippen LogP contribution is -2.58. The average Bonchev–Trinajstić information content (AvgIpc) is 3.08. The molecule has 1 aliphatic carbocycles. The molecule has 1 atom stereocenters. The number of rotatable bonds is 6. The molecule has 1 saturated carbocycles. The number of aromatic hydroxyl groups is 1. The molecule has 0 unspecified atom stereocenters. The van der Waals surface area contributed by atoms with Gasteiger partial charge in [0.2, 0.25) is 5.95 Å². The van der Waals surface area contributed by atoms with E-state index in [0.717, 1.165) is 80.4 Å². The van der Waals surface area contributed by atoms with E-state index in [1.54, 1.807) is 12.1 Å².